The van der Waals surface area contributed by atoms with Crippen LogP contribution in [0.15, 0.2) is 35.1 Å². The zero-order valence-electron chi connectivity index (χ0n) is 11.3. The molecule has 0 saturated heterocycles. The zero-order chi connectivity index (χ0) is 14.4. The zero-order valence-corrected chi connectivity index (χ0v) is 12.1. The number of nitrogens with one attached hydrogen (secondary N) is 2. The van der Waals surface area contributed by atoms with E-state index >= 15 is 0 Å². The van der Waals surface area contributed by atoms with E-state index in [0.29, 0.717) is 22.9 Å². The van der Waals surface area contributed by atoms with E-state index in [2.05, 4.69) is 10.3 Å². The Labute approximate surface area is 124 Å². The molecule has 0 bridgehead atoms. The lowest BCUT2D eigenvalue weighted by atomic mass is 10.2. The lowest BCUT2D eigenvalue weighted by Gasteiger charge is -2.03. The maximum absolute atomic E-state index is 12.2. The van der Waals surface area contributed by atoms with E-state index in [4.69, 9.17) is 0 Å². The van der Waals surface area contributed by atoms with E-state index < -0.39 is 0 Å². The molecule has 0 aliphatic heterocycles. The van der Waals surface area contributed by atoms with Gasteiger partial charge in [0.05, 0.1) is 4.88 Å². The number of rotatable bonds is 3. The van der Waals surface area contributed by atoms with Gasteiger partial charge in [0.25, 0.3) is 10.6 Å². The molecule has 4 rings (SSSR count). The van der Waals surface area contributed by atoms with Gasteiger partial charge in [-0.2, -0.15) is 0 Å². The summed E-state index contributed by atoms with van der Waals surface area (Å²) in [5, 5.41) is 4.72. The predicted molar refractivity (Wildman–Crippen MR) is 85.0 cm³/mol. The van der Waals surface area contributed by atoms with Crippen molar-refractivity contribution in [3.05, 3.63) is 44.7 Å². The molecule has 1 aliphatic rings. The van der Waals surface area contributed by atoms with Crippen LogP contribution in [0.1, 0.15) is 22.5 Å². The number of benzene rings is 1. The number of hydrogen-bond acceptors (Lipinski definition) is 3. The van der Waals surface area contributed by atoms with Gasteiger partial charge in [0.15, 0.2) is 0 Å². The van der Waals surface area contributed by atoms with Gasteiger partial charge < -0.3 is 10.3 Å². The van der Waals surface area contributed by atoms with Crippen molar-refractivity contribution in [1.29, 1.82) is 0 Å². The molecule has 106 valence electrons. The Bertz CT molecular complexity index is 905. The van der Waals surface area contributed by atoms with Crippen LogP contribution in [-0.2, 0) is 0 Å². The number of aromatic amines is 1. The molecule has 2 aromatic heterocycles. The van der Waals surface area contributed by atoms with Gasteiger partial charge in [0.1, 0.15) is 5.52 Å². The summed E-state index contributed by atoms with van der Waals surface area (Å²) < 4.78 is -0.0970. The van der Waals surface area contributed by atoms with Crippen molar-refractivity contribution < 1.29 is 4.79 Å². The third-order valence-corrected chi connectivity index (χ3v) is 4.81. The molecule has 1 aliphatic carbocycles. The SMILES string of the molecule is O=C(NCC1CC1)c1cc2c([nH]c3ccccc32)c(=O)s1. The van der Waals surface area contributed by atoms with E-state index in [1.165, 1.54) is 12.8 Å². The number of aromatic nitrogens is 1. The maximum atomic E-state index is 12.2. The summed E-state index contributed by atoms with van der Waals surface area (Å²) in [5.74, 6) is 0.485. The van der Waals surface area contributed by atoms with Gasteiger partial charge in [-0.25, -0.2) is 0 Å². The minimum atomic E-state index is -0.142. The van der Waals surface area contributed by atoms with Crippen LogP contribution in [0.3, 0.4) is 0 Å². The molecule has 1 saturated carbocycles. The normalized spacial score (nSPS) is 14.7. The Morgan fingerprint density at radius 3 is 2.90 bits per heavy atom. The van der Waals surface area contributed by atoms with Gasteiger partial charge >= 0.3 is 0 Å². The van der Waals surface area contributed by atoms with E-state index in [0.717, 1.165) is 27.6 Å². The molecule has 2 N–H and O–H groups in total. The average Bonchev–Trinajstić information content (AvgIpc) is 3.25. The van der Waals surface area contributed by atoms with E-state index in [9.17, 15) is 9.59 Å². The highest BCUT2D eigenvalue weighted by molar-refractivity contribution is 7.12. The fourth-order valence-electron chi connectivity index (χ4n) is 2.54. The van der Waals surface area contributed by atoms with Crippen molar-refractivity contribution in [2.75, 3.05) is 6.54 Å². The number of amides is 1. The molecule has 1 fully saturated rings. The van der Waals surface area contributed by atoms with E-state index in [-0.39, 0.29) is 10.6 Å². The van der Waals surface area contributed by atoms with Gasteiger partial charge in [0.2, 0.25) is 0 Å². The summed E-state index contributed by atoms with van der Waals surface area (Å²) in [6.45, 7) is 0.714. The monoisotopic (exact) mass is 298 g/mol. The van der Waals surface area contributed by atoms with Gasteiger partial charge in [-0.3, -0.25) is 9.59 Å². The van der Waals surface area contributed by atoms with Crippen LogP contribution in [-0.4, -0.2) is 17.4 Å². The fourth-order valence-corrected chi connectivity index (χ4v) is 3.35. The molecule has 2 heterocycles. The Kier molecular flexibility index (Phi) is 2.82. The van der Waals surface area contributed by atoms with E-state index in [1.807, 2.05) is 30.3 Å². The first kappa shape index (κ1) is 12.6. The van der Waals surface area contributed by atoms with Crippen LogP contribution < -0.4 is 10.1 Å². The highest BCUT2D eigenvalue weighted by Gasteiger charge is 2.22. The van der Waals surface area contributed by atoms with Crippen molar-refractivity contribution in [2.24, 2.45) is 5.92 Å². The van der Waals surface area contributed by atoms with Crippen molar-refractivity contribution >= 4 is 39.0 Å². The lowest BCUT2D eigenvalue weighted by molar-refractivity contribution is 0.0956. The first-order valence-electron chi connectivity index (χ1n) is 7.05. The topological polar surface area (TPSA) is 62.0 Å². The van der Waals surface area contributed by atoms with Gasteiger partial charge in [-0.1, -0.05) is 29.5 Å². The number of carbonyl (C=O) groups excluding carboxylic acids is 1. The average molecular weight is 298 g/mol. The summed E-state index contributed by atoms with van der Waals surface area (Å²) >= 11 is 1.00. The van der Waals surface area contributed by atoms with Crippen LogP contribution in [0.5, 0.6) is 0 Å². The Morgan fingerprint density at radius 2 is 2.10 bits per heavy atom. The highest BCUT2D eigenvalue weighted by Crippen LogP contribution is 2.28. The summed E-state index contributed by atoms with van der Waals surface area (Å²) in [6.07, 6.45) is 2.38. The summed E-state index contributed by atoms with van der Waals surface area (Å²) in [4.78, 5) is 28.0. The standard InChI is InChI=1S/C16H14N2O2S/c19-15(17-8-9-5-6-9)13-7-11-10-3-1-2-4-12(10)18-14(11)16(20)21-13/h1-4,7,9,18H,5-6,8H2,(H,17,19). The maximum Gasteiger partial charge on any atom is 0.261 e. The first-order chi connectivity index (χ1) is 10.2. The fraction of sp³-hybridized carbons (Fsp3) is 0.250. The number of fused-ring (bicyclic) bond motifs is 3. The highest BCUT2D eigenvalue weighted by atomic mass is 32.1. The van der Waals surface area contributed by atoms with Gasteiger partial charge in [0, 0.05) is 22.8 Å². The minimum absolute atomic E-state index is 0.0970. The number of hydrogen-bond donors (Lipinski definition) is 2. The molecule has 4 nitrogen and oxygen atoms in total. The third kappa shape index (κ3) is 2.23. The molecule has 3 aromatic rings. The van der Waals surface area contributed by atoms with E-state index in [1.54, 1.807) is 0 Å². The number of carbonyl (C=O) groups is 1. The second kappa shape index (κ2) is 4.70. The second-order valence-electron chi connectivity index (χ2n) is 5.51. The first-order valence-corrected chi connectivity index (χ1v) is 7.87. The third-order valence-electron chi connectivity index (χ3n) is 3.90. The van der Waals surface area contributed by atoms with Crippen LogP contribution in [0.2, 0.25) is 0 Å². The Hall–Kier alpha value is -2.14. The second-order valence-corrected chi connectivity index (χ2v) is 6.53. The van der Waals surface area contributed by atoms with Crippen molar-refractivity contribution in [3.63, 3.8) is 0 Å². The van der Waals surface area contributed by atoms with Crippen LogP contribution >= 0.6 is 11.3 Å². The molecule has 0 atom stereocenters. The van der Waals surface area contributed by atoms with Gasteiger partial charge in [-0.15, -0.1) is 0 Å². The van der Waals surface area contributed by atoms with Crippen LogP contribution in [0, 0.1) is 5.92 Å². The molecular weight excluding hydrogens is 284 g/mol. The summed E-state index contributed by atoms with van der Waals surface area (Å²) in [7, 11) is 0. The van der Waals surface area contributed by atoms with Crippen molar-refractivity contribution in [2.45, 2.75) is 12.8 Å². The minimum Gasteiger partial charge on any atom is -0.351 e. The van der Waals surface area contributed by atoms with Crippen molar-refractivity contribution in [1.82, 2.24) is 10.3 Å². The molecular formula is C16H14N2O2S. The molecule has 0 radical (unpaired) electrons. The molecule has 1 aromatic carbocycles. The number of H-pyrrole nitrogens is 1. The van der Waals surface area contributed by atoms with Crippen LogP contribution in [0.25, 0.3) is 21.8 Å². The lowest BCUT2D eigenvalue weighted by Crippen LogP contribution is -2.25. The molecule has 0 spiro atoms. The predicted octanol–water partition coefficient (Wildman–Crippen LogP) is 2.88. The molecule has 0 unspecified atom stereocenters. The molecule has 21 heavy (non-hydrogen) atoms. The Balaban J connectivity index is 1.81. The quantitative estimate of drug-likeness (QED) is 0.781. The smallest absolute Gasteiger partial charge is 0.261 e. The number of para-hydroxylation sites is 1. The molecule has 5 heteroatoms. The largest absolute Gasteiger partial charge is 0.351 e. The summed E-state index contributed by atoms with van der Waals surface area (Å²) in [6, 6.07) is 9.58. The van der Waals surface area contributed by atoms with Crippen molar-refractivity contribution in [3.8, 4) is 0 Å². The molecule has 1 amide bonds. The summed E-state index contributed by atoms with van der Waals surface area (Å²) in [5.41, 5.74) is 1.51. The van der Waals surface area contributed by atoms with Gasteiger partial charge in [-0.05, 0) is 30.9 Å². The van der Waals surface area contributed by atoms with Crippen LogP contribution in [0.4, 0.5) is 0 Å². The Morgan fingerprint density at radius 1 is 1.29 bits per heavy atom.